The Balaban J connectivity index is 1.25. The fourth-order valence-corrected chi connectivity index (χ4v) is 7.90. The van der Waals surface area contributed by atoms with Crippen molar-refractivity contribution < 1.29 is 24.2 Å². The second kappa shape index (κ2) is 7.50. The summed E-state index contributed by atoms with van der Waals surface area (Å²) in [5.74, 6) is 2.29. The molecule has 186 valence electrons. The van der Waals surface area contributed by atoms with Crippen molar-refractivity contribution in [2.75, 3.05) is 20.1 Å². The number of nitrogens with zero attached hydrogens (tertiary/aromatic N) is 2. The molecule has 2 aliphatic heterocycles. The molecule has 2 bridgehead atoms. The molecule has 1 aromatic heterocycles. The summed E-state index contributed by atoms with van der Waals surface area (Å²) in [6.45, 7) is 1.98. The van der Waals surface area contributed by atoms with E-state index in [4.69, 9.17) is 9.15 Å². The highest BCUT2D eigenvalue weighted by molar-refractivity contribution is 5.77. The van der Waals surface area contributed by atoms with Gasteiger partial charge in [-0.1, -0.05) is 6.07 Å². The van der Waals surface area contributed by atoms with Crippen molar-refractivity contribution in [1.82, 2.24) is 9.80 Å². The number of phenols is 1. The SMILES string of the molecule is CN(C(=O)CCc1ccco1)[C@H]1CC[C@@]2(O)[C@H]3Cc4ccc(O)c5c4[C@@]2(CCN3CC2CC2)[C@H]1O5. The molecule has 35 heavy (non-hydrogen) atoms. The molecule has 7 nitrogen and oxygen atoms in total. The number of aryl methyl sites for hydroxylation is 1. The van der Waals surface area contributed by atoms with Gasteiger partial charge in [0.2, 0.25) is 5.91 Å². The first-order chi connectivity index (χ1) is 16.9. The first-order valence-electron chi connectivity index (χ1n) is 13.2. The average molecular weight is 479 g/mol. The minimum Gasteiger partial charge on any atom is -0.504 e. The molecule has 7 heteroatoms. The molecule has 1 saturated heterocycles. The molecule has 2 aromatic rings. The number of rotatable bonds is 6. The normalized spacial score (nSPS) is 34.9. The molecule has 3 heterocycles. The molecule has 3 aliphatic carbocycles. The van der Waals surface area contributed by atoms with Crippen LogP contribution in [0, 0.1) is 5.92 Å². The number of aliphatic hydroxyl groups is 1. The summed E-state index contributed by atoms with van der Waals surface area (Å²) in [5.41, 5.74) is 0.667. The Morgan fingerprint density at radius 3 is 2.86 bits per heavy atom. The maximum absolute atomic E-state index is 13.3. The summed E-state index contributed by atoms with van der Waals surface area (Å²) < 4.78 is 12.0. The smallest absolute Gasteiger partial charge is 0.223 e. The van der Waals surface area contributed by atoms with Crippen molar-refractivity contribution in [1.29, 1.82) is 0 Å². The molecule has 1 amide bonds. The number of furan rings is 1. The third kappa shape index (κ3) is 2.94. The van der Waals surface area contributed by atoms with E-state index < -0.39 is 11.0 Å². The van der Waals surface area contributed by atoms with E-state index in [1.807, 2.05) is 30.1 Å². The lowest BCUT2D eigenvalue weighted by atomic mass is 9.48. The van der Waals surface area contributed by atoms with E-state index in [1.165, 1.54) is 18.4 Å². The number of carbonyl (C=O) groups is 1. The summed E-state index contributed by atoms with van der Waals surface area (Å²) in [6.07, 6.45) is 7.66. The number of likely N-dealkylation sites (tertiary alicyclic amines) is 1. The van der Waals surface area contributed by atoms with Crippen LogP contribution in [0.4, 0.5) is 0 Å². The van der Waals surface area contributed by atoms with Crippen LogP contribution in [-0.2, 0) is 23.1 Å². The molecule has 2 saturated carbocycles. The lowest BCUT2D eigenvalue weighted by Crippen LogP contribution is -2.78. The quantitative estimate of drug-likeness (QED) is 0.664. The third-order valence-electron chi connectivity index (χ3n) is 9.79. The van der Waals surface area contributed by atoms with E-state index in [-0.39, 0.29) is 29.8 Å². The van der Waals surface area contributed by atoms with E-state index in [2.05, 4.69) is 4.90 Å². The van der Waals surface area contributed by atoms with Crippen LogP contribution in [0.15, 0.2) is 34.9 Å². The Bertz CT molecular complexity index is 1160. The Hall–Kier alpha value is -2.51. The molecule has 5 aliphatic rings. The molecular weight excluding hydrogens is 444 g/mol. The maximum atomic E-state index is 13.3. The van der Waals surface area contributed by atoms with Crippen LogP contribution in [0.3, 0.4) is 0 Å². The van der Waals surface area contributed by atoms with Gasteiger partial charge in [0.1, 0.15) is 11.9 Å². The fourth-order valence-electron chi connectivity index (χ4n) is 7.90. The van der Waals surface area contributed by atoms with Crippen LogP contribution in [-0.4, -0.2) is 69.8 Å². The number of likely N-dealkylation sites (N-methyl/N-ethyl adjacent to an activating group) is 1. The highest BCUT2D eigenvalue weighted by Crippen LogP contribution is 2.66. The molecule has 0 unspecified atom stereocenters. The summed E-state index contributed by atoms with van der Waals surface area (Å²) >= 11 is 0. The number of ether oxygens (including phenoxy) is 1. The van der Waals surface area contributed by atoms with E-state index in [1.54, 1.807) is 12.3 Å². The Labute approximate surface area is 205 Å². The molecule has 1 spiro atoms. The molecule has 0 radical (unpaired) electrons. The predicted octanol–water partition coefficient (Wildman–Crippen LogP) is 3.01. The molecule has 2 N–H and O–H groups in total. The highest BCUT2D eigenvalue weighted by Gasteiger charge is 2.73. The molecular formula is C28H34N2O5. The van der Waals surface area contributed by atoms with Crippen LogP contribution in [0.2, 0.25) is 0 Å². The number of aromatic hydroxyl groups is 1. The van der Waals surface area contributed by atoms with Crippen LogP contribution < -0.4 is 4.74 Å². The summed E-state index contributed by atoms with van der Waals surface area (Å²) in [5, 5.41) is 23.3. The second-order valence-corrected chi connectivity index (χ2v) is 11.5. The third-order valence-corrected chi connectivity index (χ3v) is 9.79. The zero-order valence-electron chi connectivity index (χ0n) is 20.3. The van der Waals surface area contributed by atoms with Gasteiger partial charge in [-0.15, -0.1) is 0 Å². The summed E-state index contributed by atoms with van der Waals surface area (Å²) in [4.78, 5) is 17.6. The lowest BCUT2D eigenvalue weighted by molar-refractivity contribution is -0.200. The van der Waals surface area contributed by atoms with Crippen molar-refractivity contribution in [3.8, 4) is 11.5 Å². The van der Waals surface area contributed by atoms with Crippen LogP contribution in [0.25, 0.3) is 0 Å². The Morgan fingerprint density at radius 2 is 2.09 bits per heavy atom. The van der Waals surface area contributed by atoms with Gasteiger partial charge in [0.15, 0.2) is 11.5 Å². The van der Waals surface area contributed by atoms with E-state index in [0.717, 1.165) is 43.2 Å². The van der Waals surface area contributed by atoms with Crippen LogP contribution in [0.5, 0.6) is 11.5 Å². The first kappa shape index (κ1) is 21.7. The fraction of sp³-hybridized carbons (Fsp3) is 0.607. The van der Waals surface area contributed by atoms with E-state index >= 15 is 0 Å². The van der Waals surface area contributed by atoms with E-state index in [0.29, 0.717) is 31.4 Å². The van der Waals surface area contributed by atoms with Crippen LogP contribution >= 0.6 is 0 Å². The molecule has 7 rings (SSSR count). The van der Waals surface area contributed by atoms with Crippen molar-refractivity contribution in [2.45, 2.75) is 80.6 Å². The number of benzene rings is 1. The van der Waals surface area contributed by atoms with Gasteiger partial charge in [-0.05, 0) is 74.8 Å². The zero-order chi connectivity index (χ0) is 23.9. The van der Waals surface area contributed by atoms with Gasteiger partial charge < -0.3 is 24.3 Å². The maximum Gasteiger partial charge on any atom is 0.223 e. The number of piperidine rings is 1. The van der Waals surface area contributed by atoms with Crippen LogP contribution in [0.1, 0.15) is 55.4 Å². The second-order valence-electron chi connectivity index (χ2n) is 11.5. The van der Waals surface area contributed by atoms with Crippen molar-refractivity contribution in [3.63, 3.8) is 0 Å². The van der Waals surface area contributed by atoms with Gasteiger partial charge in [0.05, 0.1) is 23.3 Å². The number of carbonyl (C=O) groups excluding carboxylic acids is 1. The molecule has 3 fully saturated rings. The Morgan fingerprint density at radius 1 is 1.23 bits per heavy atom. The average Bonchev–Trinajstić information content (AvgIpc) is 3.36. The van der Waals surface area contributed by atoms with E-state index in [9.17, 15) is 15.0 Å². The Kier molecular flexibility index (Phi) is 4.66. The number of hydrogen-bond acceptors (Lipinski definition) is 6. The summed E-state index contributed by atoms with van der Waals surface area (Å²) in [6, 6.07) is 7.38. The lowest BCUT2D eigenvalue weighted by Gasteiger charge is -2.64. The van der Waals surface area contributed by atoms with Gasteiger partial charge >= 0.3 is 0 Å². The van der Waals surface area contributed by atoms with Crippen molar-refractivity contribution in [3.05, 3.63) is 47.4 Å². The summed E-state index contributed by atoms with van der Waals surface area (Å²) in [7, 11) is 1.87. The van der Waals surface area contributed by atoms with Gasteiger partial charge in [-0.25, -0.2) is 0 Å². The van der Waals surface area contributed by atoms with Crippen molar-refractivity contribution >= 4 is 5.91 Å². The predicted molar refractivity (Wildman–Crippen MR) is 128 cm³/mol. The minimum atomic E-state index is -0.925. The minimum absolute atomic E-state index is 0.0480. The monoisotopic (exact) mass is 478 g/mol. The standard InChI is InChI=1S/C28H34N2O5/c1-29(23(32)9-7-19-3-2-14-34-19)20-10-11-28(33)22-15-18-6-8-21(31)25-24(18)27(28,26(20)35-25)12-13-30(22)16-17-4-5-17/h2-3,6,8,14,17,20,22,26,31,33H,4-5,7,9-13,15-16H2,1H3/t20-,22+,26-,27-,28+/m0/s1. The first-order valence-corrected chi connectivity index (χ1v) is 13.2. The number of phenolic OH excluding ortho intramolecular Hbond substituents is 1. The zero-order valence-corrected chi connectivity index (χ0v) is 20.3. The van der Waals surface area contributed by atoms with Gasteiger partial charge in [0, 0.05) is 38.0 Å². The topological polar surface area (TPSA) is 86.4 Å². The van der Waals surface area contributed by atoms with Gasteiger partial charge in [-0.2, -0.15) is 0 Å². The van der Waals surface area contributed by atoms with Gasteiger partial charge in [0.25, 0.3) is 0 Å². The largest absolute Gasteiger partial charge is 0.504 e. The molecule has 5 atom stereocenters. The highest BCUT2D eigenvalue weighted by atomic mass is 16.5. The number of hydrogen-bond donors (Lipinski definition) is 2. The van der Waals surface area contributed by atoms with Gasteiger partial charge in [-0.3, -0.25) is 9.69 Å². The van der Waals surface area contributed by atoms with Crippen molar-refractivity contribution in [2.24, 2.45) is 5.92 Å². The number of amides is 1. The molecule has 1 aromatic carbocycles.